The summed E-state index contributed by atoms with van der Waals surface area (Å²) in [6, 6.07) is -0.187. The normalized spacial score (nSPS) is 34.4. The van der Waals surface area contributed by atoms with Crippen LogP contribution in [0.1, 0.15) is 51.9 Å². The van der Waals surface area contributed by atoms with E-state index in [0.29, 0.717) is 18.9 Å². The second kappa shape index (κ2) is 6.37. The number of amides is 1. The highest BCUT2D eigenvalue weighted by Crippen LogP contribution is 2.26. The van der Waals surface area contributed by atoms with Crippen LogP contribution in [0.25, 0.3) is 0 Å². The van der Waals surface area contributed by atoms with Gasteiger partial charge in [0, 0.05) is 12.5 Å². The van der Waals surface area contributed by atoms with Crippen molar-refractivity contribution >= 4 is 11.9 Å². The van der Waals surface area contributed by atoms with Crippen molar-refractivity contribution in [3.05, 3.63) is 0 Å². The molecule has 108 valence electrons. The molecular weight excluding hydrogens is 246 g/mol. The SMILES string of the molecule is C[C@H]1CC[C@@H](CCC(=O)N[C@@H]2CCC[C@@H]2C(=O)O)O1. The van der Waals surface area contributed by atoms with Crippen LogP contribution in [-0.4, -0.2) is 35.2 Å². The summed E-state index contributed by atoms with van der Waals surface area (Å²) in [6.45, 7) is 2.05. The minimum absolute atomic E-state index is 0.0405. The van der Waals surface area contributed by atoms with Crippen molar-refractivity contribution in [3.63, 3.8) is 0 Å². The maximum absolute atomic E-state index is 11.8. The number of carboxylic acids is 1. The molecule has 1 saturated heterocycles. The monoisotopic (exact) mass is 269 g/mol. The Hall–Kier alpha value is -1.10. The molecule has 1 aliphatic carbocycles. The van der Waals surface area contributed by atoms with E-state index >= 15 is 0 Å². The Morgan fingerprint density at radius 3 is 2.68 bits per heavy atom. The summed E-state index contributed by atoms with van der Waals surface area (Å²) in [5, 5.41) is 11.9. The Balaban J connectivity index is 1.70. The molecule has 2 fully saturated rings. The highest BCUT2D eigenvalue weighted by molar-refractivity contribution is 5.78. The molecule has 0 bridgehead atoms. The molecular formula is C14H23NO4. The van der Waals surface area contributed by atoms with Crippen LogP contribution in [0.3, 0.4) is 0 Å². The standard InChI is InChI=1S/C14H23NO4/c1-9-5-6-10(19-9)7-8-13(16)15-12-4-2-3-11(12)14(17)18/h9-12H,2-8H2,1H3,(H,15,16)(H,17,18)/t9-,10-,11-,12+/m0/s1. The van der Waals surface area contributed by atoms with Gasteiger partial charge in [-0.05, 0) is 39.0 Å². The first kappa shape index (κ1) is 14.3. The van der Waals surface area contributed by atoms with Crippen molar-refractivity contribution in [2.75, 3.05) is 0 Å². The van der Waals surface area contributed by atoms with Crippen LogP contribution >= 0.6 is 0 Å². The lowest BCUT2D eigenvalue weighted by Gasteiger charge is -2.18. The van der Waals surface area contributed by atoms with Crippen LogP contribution in [-0.2, 0) is 14.3 Å². The zero-order valence-electron chi connectivity index (χ0n) is 11.4. The van der Waals surface area contributed by atoms with Crippen LogP contribution in [0.15, 0.2) is 0 Å². The van der Waals surface area contributed by atoms with Gasteiger partial charge in [-0.25, -0.2) is 0 Å². The van der Waals surface area contributed by atoms with Gasteiger partial charge in [0.15, 0.2) is 0 Å². The zero-order valence-corrected chi connectivity index (χ0v) is 11.4. The molecule has 0 aromatic rings. The number of carbonyl (C=O) groups is 2. The van der Waals surface area contributed by atoms with Gasteiger partial charge in [-0.1, -0.05) is 6.42 Å². The lowest BCUT2D eigenvalue weighted by molar-refractivity contribution is -0.142. The summed E-state index contributed by atoms with van der Waals surface area (Å²) in [7, 11) is 0. The van der Waals surface area contributed by atoms with E-state index in [0.717, 1.165) is 32.1 Å². The Bertz CT molecular complexity index is 344. The lowest BCUT2D eigenvalue weighted by Crippen LogP contribution is -2.40. The van der Waals surface area contributed by atoms with Gasteiger partial charge in [0.25, 0.3) is 0 Å². The fourth-order valence-corrected chi connectivity index (χ4v) is 3.10. The van der Waals surface area contributed by atoms with E-state index in [2.05, 4.69) is 12.2 Å². The topological polar surface area (TPSA) is 75.6 Å². The summed E-state index contributed by atoms with van der Waals surface area (Å²) in [5.74, 6) is -1.25. The largest absolute Gasteiger partial charge is 0.481 e. The van der Waals surface area contributed by atoms with Crippen LogP contribution in [0.5, 0.6) is 0 Å². The summed E-state index contributed by atoms with van der Waals surface area (Å²) < 4.78 is 5.67. The molecule has 2 N–H and O–H groups in total. The van der Waals surface area contributed by atoms with E-state index in [1.807, 2.05) is 0 Å². The molecule has 5 heteroatoms. The molecule has 0 spiro atoms. The highest BCUT2D eigenvalue weighted by atomic mass is 16.5. The van der Waals surface area contributed by atoms with Crippen molar-refractivity contribution in [3.8, 4) is 0 Å². The molecule has 2 rings (SSSR count). The number of hydrogen-bond donors (Lipinski definition) is 2. The lowest BCUT2D eigenvalue weighted by atomic mass is 10.0. The predicted molar refractivity (Wildman–Crippen MR) is 69.7 cm³/mol. The Morgan fingerprint density at radius 1 is 1.26 bits per heavy atom. The van der Waals surface area contributed by atoms with E-state index < -0.39 is 11.9 Å². The molecule has 2 aliphatic rings. The first-order chi connectivity index (χ1) is 9.06. The molecule has 0 unspecified atom stereocenters. The zero-order chi connectivity index (χ0) is 13.8. The van der Waals surface area contributed by atoms with Gasteiger partial charge in [0.05, 0.1) is 18.1 Å². The van der Waals surface area contributed by atoms with Gasteiger partial charge in [-0.15, -0.1) is 0 Å². The third-order valence-corrected chi connectivity index (χ3v) is 4.19. The minimum Gasteiger partial charge on any atom is -0.481 e. The number of ether oxygens (including phenoxy) is 1. The van der Waals surface area contributed by atoms with Gasteiger partial charge >= 0.3 is 5.97 Å². The summed E-state index contributed by atoms with van der Waals surface area (Å²) in [6.07, 6.45) is 6.08. The van der Waals surface area contributed by atoms with Crippen LogP contribution in [0, 0.1) is 5.92 Å². The highest BCUT2D eigenvalue weighted by Gasteiger charge is 2.33. The number of carboxylic acid groups (broad SMARTS) is 1. The Morgan fingerprint density at radius 2 is 2.05 bits per heavy atom. The van der Waals surface area contributed by atoms with E-state index in [9.17, 15) is 9.59 Å². The van der Waals surface area contributed by atoms with Gasteiger partial charge in [-0.3, -0.25) is 9.59 Å². The number of nitrogens with one attached hydrogen (secondary N) is 1. The molecule has 1 aliphatic heterocycles. The average molecular weight is 269 g/mol. The predicted octanol–water partition coefficient (Wildman–Crippen LogP) is 1.70. The van der Waals surface area contributed by atoms with Crippen molar-refractivity contribution < 1.29 is 19.4 Å². The number of aliphatic carboxylic acids is 1. The molecule has 4 atom stereocenters. The molecule has 0 aromatic carbocycles. The van der Waals surface area contributed by atoms with Gasteiger partial charge in [-0.2, -0.15) is 0 Å². The van der Waals surface area contributed by atoms with Crippen molar-refractivity contribution in [2.45, 2.75) is 70.1 Å². The van der Waals surface area contributed by atoms with Crippen molar-refractivity contribution in [1.29, 1.82) is 0 Å². The Labute approximate surface area is 113 Å². The second-order valence-corrected chi connectivity index (χ2v) is 5.73. The molecule has 19 heavy (non-hydrogen) atoms. The first-order valence-corrected chi connectivity index (χ1v) is 7.24. The third kappa shape index (κ3) is 3.93. The molecule has 0 radical (unpaired) electrons. The molecule has 1 saturated carbocycles. The average Bonchev–Trinajstić information content (AvgIpc) is 2.95. The van der Waals surface area contributed by atoms with Gasteiger partial charge in [0.2, 0.25) is 5.91 Å². The quantitative estimate of drug-likeness (QED) is 0.796. The third-order valence-electron chi connectivity index (χ3n) is 4.19. The summed E-state index contributed by atoms with van der Waals surface area (Å²) in [4.78, 5) is 22.9. The Kier molecular flexibility index (Phi) is 4.80. The molecule has 1 amide bonds. The minimum atomic E-state index is -0.796. The van der Waals surface area contributed by atoms with Crippen LogP contribution in [0.2, 0.25) is 0 Å². The summed E-state index contributed by atoms with van der Waals surface area (Å²) >= 11 is 0. The molecule has 5 nitrogen and oxygen atoms in total. The second-order valence-electron chi connectivity index (χ2n) is 5.73. The van der Waals surface area contributed by atoms with Crippen LogP contribution in [0.4, 0.5) is 0 Å². The van der Waals surface area contributed by atoms with Crippen molar-refractivity contribution in [1.82, 2.24) is 5.32 Å². The number of rotatable bonds is 5. The maximum Gasteiger partial charge on any atom is 0.308 e. The summed E-state index contributed by atoms with van der Waals surface area (Å²) in [5.41, 5.74) is 0. The van der Waals surface area contributed by atoms with E-state index in [-0.39, 0.29) is 18.1 Å². The number of hydrogen-bond acceptors (Lipinski definition) is 3. The molecule has 0 aromatic heterocycles. The first-order valence-electron chi connectivity index (χ1n) is 7.24. The maximum atomic E-state index is 11.8. The van der Waals surface area contributed by atoms with Gasteiger partial charge < -0.3 is 15.2 Å². The van der Waals surface area contributed by atoms with E-state index in [1.165, 1.54) is 0 Å². The van der Waals surface area contributed by atoms with E-state index in [4.69, 9.17) is 9.84 Å². The molecule has 1 heterocycles. The van der Waals surface area contributed by atoms with Crippen molar-refractivity contribution in [2.24, 2.45) is 5.92 Å². The van der Waals surface area contributed by atoms with E-state index in [1.54, 1.807) is 0 Å². The van der Waals surface area contributed by atoms with Gasteiger partial charge in [0.1, 0.15) is 0 Å². The fourth-order valence-electron chi connectivity index (χ4n) is 3.10. The number of carbonyl (C=O) groups excluding carboxylic acids is 1. The smallest absolute Gasteiger partial charge is 0.308 e. The fraction of sp³-hybridized carbons (Fsp3) is 0.857. The van der Waals surface area contributed by atoms with Crippen LogP contribution < -0.4 is 5.32 Å².